The topological polar surface area (TPSA) is 43.6 Å². The first-order valence-corrected chi connectivity index (χ1v) is 9.83. The number of benzene rings is 1. The maximum atomic E-state index is 14.0. The van der Waals surface area contributed by atoms with Gasteiger partial charge in [-0.3, -0.25) is 0 Å². The molecule has 3 rings (SSSR count). The van der Waals surface area contributed by atoms with Crippen LogP contribution in [0.3, 0.4) is 0 Å². The zero-order chi connectivity index (χ0) is 16.6. The average Bonchev–Trinajstić information content (AvgIpc) is 3.18. The lowest BCUT2D eigenvalue weighted by molar-refractivity contribution is 0.617. The third-order valence-electron chi connectivity index (χ3n) is 3.44. The molecule has 0 aliphatic heterocycles. The van der Waals surface area contributed by atoms with Gasteiger partial charge in [-0.25, -0.2) is 19.0 Å². The minimum atomic E-state index is -0.320. The van der Waals surface area contributed by atoms with Crippen LogP contribution in [0.25, 0.3) is 16.5 Å². The van der Waals surface area contributed by atoms with Gasteiger partial charge in [0.15, 0.2) is 5.01 Å². The van der Waals surface area contributed by atoms with Crippen LogP contribution in [-0.4, -0.2) is 26.0 Å². The summed E-state index contributed by atoms with van der Waals surface area (Å²) in [4.78, 5) is 8.90. The summed E-state index contributed by atoms with van der Waals surface area (Å²) < 4.78 is 16.2. The molecule has 4 nitrogen and oxygen atoms in total. The molecule has 0 spiro atoms. The zero-order valence-electron chi connectivity index (χ0n) is 12.7. The lowest BCUT2D eigenvalue weighted by Gasteiger charge is -2.13. The van der Waals surface area contributed by atoms with Crippen molar-refractivity contribution in [1.29, 1.82) is 0 Å². The Morgan fingerprint density at radius 1 is 1.39 bits per heavy atom. The summed E-state index contributed by atoms with van der Waals surface area (Å²) in [7, 11) is 0. The Labute approximate surface area is 150 Å². The van der Waals surface area contributed by atoms with E-state index in [1.165, 1.54) is 17.4 Å². The molecule has 0 N–H and O–H groups in total. The SMILES string of the molecule is CSC(C)c1nc(-c2nccs2)nn1-c1cc(F)c(Br)cc1C. The summed E-state index contributed by atoms with van der Waals surface area (Å²) in [6.45, 7) is 3.99. The van der Waals surface area contributed by atoms with E-state index >= 15 is 0 Å². The highest BCUT2D eigenvalue weighted by Gasteiger charge is 2.21. The lowest BCUT2D eigenvalue weighted by Crippen LogP contribution is -2.07. The van der Waals surface area contributed by atoms with Crippen LogP contribution in [0.15, 0.2) is 28.2 Å². The van der Waals surface area contributed by atoms with E-state index in [2.05, 4.69) is 37.9 Å². The number of aromatic nitrogens is 4. The molecule has 23 heavy (non-hydrogen) atoms. The first-order chi connectivity index (χ1) is 11.0. The number of nitrogens with zero attached hydrogens (tertiary/aromatic N) is 4. The van der Waals surface area contributed by atoms with Crippen molar-refractivity contribution < 1.29 is 4.39 Å². The summed E-state index contributed by atoms with van der Waals surface area (Å²) >= 11 is 6.37. The molecule has 0 aliphatic rings. The van der Waals surface area contributed by atoms with E-state index in [-0.39, 0.29) is 11.1 Å². The molecule has 0 bridgehead atoms. The second kappa shape index (κ2) is 6.70. The monoisotopic (exact) mass is 412 g/mol. The van der Waals surface area contributed by atoms with Crippen molar-refractivity contribution in [2.75, 3.05) is 6.26 Å². The van der Waals surface area contributed by atoms with Crippen molar-refractivity contribution in [2.24, 2.45) is 0 Å². The molecule has 2 aromatic heterocycles. The van der Waals surface area contributed by atoms with Crippen molar-refractivity contribution >= 4 is 39.0 Å². The van der Waals surface area contributed by atoms with E-state index in [0.29, 0.717) is 16.0 Å². The highest BCUT2D eigenvalue weighted by Crippen LogP contribution is 2.31. The molecule has 0 amide bonds. The first-order valence-electron chi connectivity index (χ1n) is 6.87. The standard InChI is InChI=1S/C15H14BrFN4S2/c1-8-6-10(16)11(17)7-12(8)21-14(9(2)22-3)19-13(20-21)15-18-4-5-23-15/h4-7,9H,1-3H3. The Balaban J connectivity index is 2.20. The second-order valence-corrected chi connectivity index (χ2v) is 7.90. The molecule has 0 radical (unpaired) electrons. The van der Waals surface area contributed by atoms with Crippen molar-refractivity contribution in [2.45, 2.75) is 19.1 Å². The Hall–Kier alpha value is -1.25. The van der Waals surface area contributed by atoms with Crippen LogP contribution in [0.5, 0.6) is 0 Å². The fourth-order valence-electron chi connectivity index (χ4n) is 2.16. The number of rotatable bonds is 4. The van der Waals surface area contributed by atoms with E-state index in [0.717, 1.165) is 16.4 Å². The number of aryl methyl sites for hydroxylation is 1. The minimum absolute atomic E-state index is 0.127. The molecule has 0 saturated heterocycles. The van der Waals surface area contributed by atoms with Crippen molar-refractivity contribution in [3.8, 4) is 16.5 Å². The van der Waals surface area contributed by atoms with Gasteiger partial charge >= 0.3 is 0 Å². The Morgan fingerprint density at radius 2 is 2.17 bits per heavy atom. The van der Waals surface area contributed by atoms with Gasteiger partial charge in [-0.1, -0.05) is 0 Å². The summed E-state index contributed by atoms with van der Waals surface area (Å²) in [5.74, 6) is 1.03. The van der Waals surface area contributed by atoms with Crippen LogP contribution in [0, 0.1) is 12.7 Å². The fourth-order valence-corrected chi connectivity index (χ4v) is 3.54. The summed E-state index contributed by atoms with van der Waals surface area (Å²) in [6, 6.07) is 3.24. The highest BCUT2D eigenvalue weighted by molar-refractivity contribution is 9.10. The number of hydrogen-bond acceptors (Lipinski definition) is 5. The molecule has 2 heterocycles. The molecule has 0 saturated carbocycles. The lowest BCUT2D eigenvalue weighted by atomic mass is 10.2. The number of hydrogen-bond donors (Lipinski definition) is 0. The van der Waals surface area contributed by atoms with Crippen molar-refractivity contribution in [3.63, 3.8) is 0 Å². The smallest absolute Gasteiger partial charge is 0.210 e. The van der Waals surface area contributed by atoms with Crippen LogP contribution in [-0.2, 0) is 0 Å². The van der Waals surface area contributed by atoms with Gasteiger partial charge in [0.1, 0.15) is 11.6 Å². The summed E-state index contributed by atoms with van der Waals surface area (Å²) in [6.07, 6.45) is 3.74. The van der Waals surface area contributed by atoms with Crippen LogP contribution in [0.4, 0.5) is 4.39 Å². The summed E-state index contributed by atoms with van der Waals surface area (Å²) in [5, 5.41) is 7.35. The van der Waals surface area contributed by atoms with Crippen molar-refractivity contribution in [3.05, 3.63) is 45.4 Å². The molecule has 1 atom stereocenters. The van der Waals surface area contributed by atoms with E-state index in [4.69, 9.17) is 0 Å². The molecule has 0 aliphatic carbocycles. The van der Waals surface area contributed by atoms with Gasteiger partial charge in [0.05, 0.1) is 15.4 Å². The van der Waals surface area contributed by atoms with Gasteiger partial charge in [-0.15, -0.1) is 16.4 Å². The van der Waals surface area contributed by atoms with Gasteiger partial charge < -0.3 is 0 Å². The third kappa shape index (κ3) is 3.20. The van der Waals surface area contributed by atoms with E-state index in [1.54, 1.807) is 28.7 Å². The van der Waals surface area contributed by atoms with E-state index < -0.39 is 0 Å². The van der Waals surface area contributed by atoms with Gasteiger partial charge in [0, 0.05) is 17.6 Å². The number of halogens is 2. The highest BCUT2D eigenvalue weighted by atomic mass is 79.9. The quantitative estimate of drug-likeness (QED) is 0.602. The fraction of sp³-hybridized carbons (Fsp3) is 0.267. The molecule has 1 aromatic carbocycles. The van der Waals surface area contributed by atoms with E-state index in [9.17, 15) is 4.39 Å². The minimum Gasteiger partial charge on any atom is -0.241 e. The Kier molecular flexibility index (Phi) is 4.84. The van der Waals surface area contributed by atoms with Gasteiger partial charge in [0.2, 0.25) is 5.82 Å². The molecule has 120 valence electrons. The van der Waals surface area contributed by atoms with Crippen LogP contribution in [0.2, 0.25) is 0 Å². The largest absolute Gasteiger partial charge is 0.241 e. The second-order valence-electron chi connectivity index (χ2n) is 4.97. The normalized spacial score (nSPS) is 12.6. The summed E-state index contributed by atoms with van der Waals surface area (Å²) in [5.41, 5.74) is 1.61. The van der Waals surface area contributed by atoms with Crippen LogP contribution < -0.4 is 0 Å². The van der Waals surface area contributed by atoms with Crippen molar-refractivity contribution in [1.82, 2.24) is 19.7 Å². The molecule has 8 heteroatoms. The Morgan fingerprint density at radius 3 is 2.83 bits per heavy atom. The first kappa shape index (κ1) is 16.6. The molecule has 3 aromatic rings. The maximum Gasteiger partial charge on any atom is 0.210 e. The predicted molar refractivity (Wildman–Crippen MR) is 96.8 cm³/mol. The zero-order valence-corrected chi connectivity index (χ0v) is 16.0. The molecular formula is C15H14BrFN4S2. The molecule has 0 fully saturated rings. The third-order valence-corrected chi connectivity index (χ3v) is 5.73. The number of thioether (sulfide) groups is 1. The van der Waals surface area contributed by atoms with E-state index in [1.807, 2.05) is 18.6 Å². The maximum absolute atomic E-state index is 14.0. The van der Waals surface area contributed by atoms with Crippen LogP contribution >= 0.6 is 39.0 Å². The Bertz CT molecular complexity index is 832. The predicted octanol–water partition coefficient (Wildman–Crippen LogP) is 5.02. The molecule has 1 unspecified atom stereocenters. The average molecular weight is 413 g/mol. The molecular weight excluding hydrogens is 399 g/mol. The van der Waals surface area contributed by atoms with Gasteiger partial charge in [-0.05, 0) is 47.7 Å². The number of thiazole rings is 1. The van der Waals surface area contributed by atoms with Crippen LogP contribution in [0.1, 0.15) is 23.6 Å². The van der Waals surface area contributed by atoms with Gasteiger partial charge in [-0.2, -0.15) is 11.8 Å². The van der Waals surface area contributed by atoms with Gasteiger partial charge in [0.25, 0.3) is 0 Å².